The van der Waals surface area contributed by atoms with Crippen LogP contribution < -0.4 is 5.73 Å². The second-order valence-electron chi connectivity index (χ2n) is 6.21. The van der Waals surface area contributed by atoms with Crippen molar-refractivity contribution in [3.05, 3.63) is 0 Å². The fourth-order valence-electron chi connectivity index (χ4n) is 3.23. The minimum absolute atomic E-state index is 0.0634. The molecular formula is C15H32N2O. The van der Waals surface area contributed by atoms with E-state index in [2.05, 4.69) is 39.5 Å². The van der Waals surface area contributed by atoms with Gasteiger partial charge in [-0.3, -0.25) is 4.90 Å². The van der Waals surface area contributed by atoms with Crippen LogP contribution >= 0.6 is 0 Å². The lowest BCUT2D eigenvalue weighted by atomic mass is 9.90. The van der Waals surface area contributed by atoms with Crippen LogP contribution in [0.15, 0.2) is 0 Å². The summed E-state index contributed by atoms with van der Waals surface area (Å²) in [5.41, 5.74) is 6.27. The number of nitrogens with two attached hydrogens (primary N) is 1. The maximum absolute atomic E-state index is 6.13. The highest BCUT2D eigenvalue weighted by atomic mass is 16.5. The summed E-state index contributed by atoms with van der Waals surface area (Å²) in [6.45, 7) is 13.9. The van der Waals surface area contributed by atoms with Crippen molar-refractivity contribution in [2.75, 3.05) is 19.6 Å². The third-order valence-corrected chi connectivity index (χ3v) is 4.73. The molecule has 18 heavy (non-hydrogen) atoms. The van der Waals surface area contributed by atoms with Gasteiger partial charge in [0.15, 0.2) is 0 Å². The Kier molecular flexibility index (Phi) is 5.63. The van der Waals surface area contributed by atoms with E-state index in [9.17, 15) is 0 Å². The lowest BCUT2D eigenvalue weighted by Gasteiger charge is -2.43. The summed E-state index contributed by atoms with van der Waals surface area (Å²) in [5.74, 6) is 0. The van der Waals surface area contributed by atoms with Crippen molar-refractivity contribution in [1.82, 2.24) is 4.90 Å². The van der Waals surface area contributed by atoms with Gasteiger partial charge < -0.3 is 10.5 Å². The zero-order valence-corrected chi connectivity index (χ0v) is 13.0. The van der Waals surface area contributed by atoms with E-state index < -0.39 is 0 Å². The summed E-state index contributed by atoms with van der Waals surface area (Å²) in [5, 5.41) is 0. The van der Waals surface area contributed by atoms with Crippen LogP contribution in [0.1, 0.15) is 60.3 Å². The minimum Gasteiger partial charge on any atom is -0.371 e. The smallest absolute Gasteiger partial charge is 0.0710 e. The Morgan fingerprint density at radius 2 is 1.89 bits per heavy atom. The van der Waals surface area contributed by atoms with Crippen molar-refractivity contribution < 1.29 is 4.74 Å². The Bertz CT molecular complexity index is 241. The molecule has 1 saturated heterocycles. The van der Waals surface area contributed by atoms with Gasteiger partial charge in [0.2, 0.25) is 0 Å². The topological polar surface area (TPSA) is 38.5 Å². The Morgan fingerprint density at radius 3 is 2.22 bits per heavy atom. The van der Waals surface area contributed by atoms with Gasteiger partial charge in [0.1, 0.15) is 0 Å². The van der Waals surface area contributed by atoms with E-state index in [1.165, 1.54) is 12.8 Å². The molecule has 0 aromatic rings. The monoisotopic (exact) mass is 256 g/mol. The number of ether oxygens (including phenoxy) is 1. The predicted octanol–water partition coefficient (Wildman–Crippen LogP) is 2.78. The molecule has 108 valence electrons. The average molecular weight is 256 g/mol. The van der Waals surface area contributed by atoms with Crippen molar-refractivity contribution in [3.63, 3.8) is 0 Å². The Labute approximate surface area is 113 Å². The van der Waals surface area contributed by atoms with Gasteiger partial charge in [-0.05, 0) is 46.1 Å². The van der Waals surface area contributed by atoms with Crippen molar-refractivity contribution in [2.24, 2.45) is 5.73 Å². The summed E-state index contributed by atoms with van der Waals surface area (Å²) < 4.78 is 6.13. The van der Waals surface area contributed by atoms with Gasteiger partial charge in [-0.25, -0.2) is 0 Å². The van der Waals surface area contributed by atoms with Crippen LogP contribution in [0.2, 0.25) is 0 Å². The summed E-state index contributed by atoms with van der Waals surface area (Å²) >= 11 is 0. The second-order valence-corrected chi connectivity index (χ2v) is 6.21. The quantitative estimate of drug-likeness (QED) is 0.761. The van der Waals surface area contributed by atoms with Crippen molar-refractivity contribution in [2.45, 2.75) is 77.5 Å². The molecule has 0 aromatic heterocycles. The number of nitrogens with zero attached hydrogens (tertiary/aromatic N) is 1. The average Bonchev–Trinajstić information content (AvgIpc) is 2.70. The molecule has 0 saturated carbocycles. The van der Waals surface area contributed by atoms with E-state index in [1.54, 1.807) is 0 Å². The van der Waals surface area contributed by atoms with Gasteiger partial charge in [-0.15, -0.1) is 0 Å². The van der Waals surface area contributed by atoms with E-state index in [-0.39, 0.29) is 11.1 Å². The minimum atomic E-state index is 0.0634. The molecule has 0 radical (unpaired) electrons. The third-order valence-electron chi connectivity index (χ3n) is 4.73. The SMILES string of the molecule is CCN(CC1CCC(C)(C)O1)C(CC)(CC)CN. The predicted molar refractivity (Wildman–Crippen MR) is 77.8 cm³/mol. The van der Waals surface area contributed by atoms with E-state index in [1.807, 2.05) is 0 Å². The normalized spacial score (nSPS) is 23.8. The molecule has 0 spiro atoms. The molecule has 1 rings (SSSR count). The Hall–Kier alpha value is -0.120. The van der Waals surface area contributed by atoms with Crippen LogP contribution in [-0.2, 0) is 4.74 Å². The molecule has 1 aliphatic heterocycles. The van der Waals surface area contributed by atoms with Crippen LogP contribution in [0, 0.1) is 0 Å². The van der Waals surface area contributed by atoms with Crippen LogP contribution in [0.25, 0.3) is 0 Å². The first-order valence-electron chi connectivity index (χ1n) is 7.56. The largest absolute Gasteiger partial charge is 0.371 e. The van der Waals surface area contributed by atoms with Crippen LogP contribution in [0.4, 0.5) is 0 Å². The fourth-order valence-corrected chi connectivity index (χ4v) is 3.23. The molecule has 3 heteroatoms. The zero-order valence-electron chi connectivity index (χ0n) is 13.0. The van der Waals surface area contributed by atoms with E-state index in [0.717, 1.165) is 32.5 Å². The van der Waals surface area contributed by atoms with Gasteiger partial charge >= 0.3 is 0 Å². The second kappa shape index (κ2) is 6.36. The zero-order chi connectivity index (χ0) is 13.8. The fraction of sp³-hybridized carbons (Fsp3) is 1.00. The van der Waals surface area contributed by atoms with Crippen molar-refractivity contribution >= 4 is 0 Å². The third kappa shape index (κ3) is 3.46. The molecule has 3 nitrogen and oxygen atoms in total. The number of likely N-dealkylation sites (N-methyl/N-ethyl adjacent to an activating group) is 1. The summed E-state index contributed by atoms with van der Waals surface area (Å²) in [4.78, 5) is 2.54. The van der Waals surface area contributed by atoms with Gasteiger partial charge in [0.05, 0.1) is 11.7 Å². The molecular weight excluding hydrogens is 224 g/mol. The number of hydrogen-bond donors (Lipinski definition) is 1. The molecule has 1 unspecified atom stereocenters. The molecule has 0 bridgehead atoms. The Balaban J connectivity index is 2.67. The highest BCUT2D eigenvalue weighted by Crippen LogP contribution is 2.32. The first kappa shape index (κ1) is 15.9. The van der Waals surface area contributed by atoms with Crippen molar-refractivity contribution in [3.8, 4) is 0 Å². The van der Waals surface area contributed by atoms with E-state index >= 15 is 0 Å². The van der Waals surface area contributed by atoms with Gasteiger partial charge in [0.25, 0.3) is 0 Å². The maximum Gasteiger partial charge on any atom is 0.0710 e. The van der Waals surface area contributed by atoms with Crippen LogP contribution in [0.5, 0.6) is 0 Å². The number of hydrogen-bond acceptors (Lipinski definition) is 3. The first-order chi connectivity index (χ1) is 8.43. The molecule has 0 amide bonds. The first-order valence-corrected chi connectivity index (χ1v) is 7.56. The summed E-state index contributed by atoms with van der Waals surface area (Å²) in [7, 11) is 0. The molecule has 1 fully saturated rings. The van der Waals surface area contributed by atoms with Gasteiger partial charge in [-0.1, -0.05) is 20.8 Å². The maximum atomic E-state index is 6.13. The van der Waals surface area contributed by atoms with Gasteiger partial charge in [0, 0.05) is 18.6 Å². The molecule has 1 atom stereocenters. The molecule has 1 heterocycles. The highest BCUT2D eigenvalue weighted by Gasteiger charge is 2.37. The standard InChI is InChI=1S/C15H32N2O/c1-6-15(7-2,12-16)17(8-3)11-13-9-10-14(4,5)18-13/h13H,6-12,16H2,1-5H3. The van der Waals surface area contributed by atoms with Crippen LogP contribution in [-0.4, -0.2) is 41.8 Å². The number of rotatable bonds is 7. The van der Waals surface area contributed by atoms with Crippen molar-refractivity contribution in [1.29, 1.82) is 0 Å². The molecule has 0 aromatic carbocycles. The summed E-state index contributed by atoms with van der Waals surface area (Å²) in [6.07, 6.45) is 4.96. The molecule has 2 N–H and O–H groups in total. The Morgan fingerprint density at radius 1 is 1.28 bits per heavy atom. The molecule has 1 aliphatic rings. The van der Waals surface area contributed by atoms with Gasteiger partial charge in [-0.2, -0.15) is 0 Å². The lowest BCUT2D eigenvalue weighted by Crippen LogP contribution is -2.55. The highest BCUT2D eigenvalue weighted by molar-refractivity contribution is 4.92. The van der Waals surface area contributed by atoms with E-state index in [4.69, 9.17) is 10.5 Å². The lowest BCUT2D eigenvalue weighted by molar-refractivity contribution is -0.0452. The van der Waals surface area contributed by atoms with E-state index in [0.29, 0.717) is 6.10 Å². The molecule has 0 aliphatic carbocycles. The summed E-state index contributed by atoms with van der Waals surface area (Å²) in [6, 6.07) is 0. The van der Waals surface area contributed by atoms with Crippen LogP contribution in [0.3, 0.4) is 0 Å².